The second-order valence-corrected chi connectivity index (χ2v) is 9.87. The van der Waals surface area contributed by atoms with Crippen LogP contribution < -0.4 is 4.74 Å². The van der Waals surface area contributed by atoms with Crippen LogP contribution in [0.1, 0.15) is 12.8 Å². The molecule has 1 aliphatic heterocycles. The van der Waals surface area contributed by atoms with Gasteiger partial charge < -0.3 is 9.72 Å². The van der Waals surface area contributed by atoms with Crippen LogP contribution in [0.15, 0.2) is 46.7 Å². The first-order chi connectivity index (χ1) is 11.9. The van der Waals surface area contributed by atoms with Crippen LogP contribution in [0, 0.1) is 0 Å². The van der Waals surface area contributed by atoms with E-state index in [0.29, 0.717) is 5.75 Å². The van der Waals surface area contributed by atoms with E-state index < -0.39 is 25.1 Å². The Bertz CT molecular complexity index is 914. The SMILES string of the molecule is COc1ccc(S(=O)(=O)C2CCN(S(=O)(=O)c3cnc[nH]3)CC2)cc1. The lowest BCUT2D eigenvalue weighted by Gasteiger charge is -2.30. The van der Waals surface area contributed by atoms with Crippen LogP contribution in [0.4, 0.5) is 0 Å². The average Bonchev–Trinajstić information content (AvgIpc) is 3.17. The van der Waals surface area contributed by atoms with Crippen LogP contribution in [0.2, 0.25) is 0 Å². The van der Waals surface area contributed by atoms with Gasteiger partial charge in [0.25, 0.3) is 10.0 Å². The van der Waals surface area contributed by atoms with Crippen LogP contribution in [0.3, 0.4) is 0 Å². The maximum Gasteiger partial charge on any atom is 0.260 e. The van der Waals surface area contributed by atoms with Gasteiger partial charge in [-0.25, -0.2) is 21.8 Å². The topological polar surface area (TPSA) is 109 Å². The van der Waals surface area contributed by atoms with Gasteiger partial charge in [0, 0.05) is 13.1 Å². The van der Waals surface area contributed by atoms with Crippen LogP contribution in [0.25, 0.3) is 0 Å². The molecule has 1 saturated heterocycles. The van der Waals surface area contributed by atoms with Crippen molar-refractivity contribution in [3.8, 4) is 5.75 Å². The number of H-pyrrole nitrogens is 1. The molecule has 0 radical (unpaired) electrons. The molecule has 1 aromatic carbocycles. The summed E-state index contributed by atoms with van der Waals surface area (Å²) in [4.78, 5) is 6.53. The van der Waals surface area contributed by atoms with E-state index in [0.717, 1.165) is 0 Å². The summed E-state index contributed by atoms with van der Waals surface area (Å²) in [5, 5.41) is -0.585. The third kappa shape index (κ3) is 3.42. The molecule has 1 fully saturated rings. The molecule has 1 N–H and O–H groups in total. The van der Waals surface area contributed by atoms with E-state index in [4.69, 9.17) is 4.74 Å². The Morgan fingerprint density at radius 1 is 1.12 bits per heavy atom. The monoisotopic (exact) mass is 385 g/mol. The third-order valence-corrected chi connectivity index (χ3v) is 8.42. The number of sulfone groups is 1. The lowest BCUT2D eigenvalue weighted by atomic mass is 10.2. The van der Waals surface area contributed by atoms with Gasteiger partial charge in [0.05, 0.1) is 29.8 Å². The van der Waals surface area contributed by atoms with E-state index in [1.165, 1.54) is 36.1 Å². The number of nitrogens with zero attached hydrogens (tertiary/aromatic N) is 2. The van der Waals surface area contributed by atoms with Gasteiger partial charge in [-0.2, -0.15) is 4.31 Å². The first kappa shape index (κ1) is 17.9. The number of aromatic nitrogens is 2. The van der Waals surface area contributed by atoms with Gasteiger partial charge in [-0.05, 0) is 37.1 Å². The minimum Gasteiger partial charge on any atom is -0.497 e. The van der Waals surface area contributed by atoms with E-state index in [2.05, 4.69) is 9.97 Å². The van der Waals surface area contributed by atoms with Crippen molar-refractivity contribution >= 4 is 19.9 Å². The molecule has 0 unspecified atom stereocenters. The second kappa shape index (κ2) is 6.77. The number of methoxy groups -OCH3 is 1. The molecule has 0 spiro atoms. The van der Waals surface area contributed by atoms with Crippen molar-refractivity contribution in [2.45, 2.75) is 28.0 Å². The molecule has 0 aliphatic carbocycles. The third-order valence-electron chi connectivity index (χ3n) is 4.32. The van der Waals surface area contributed by atoms with Crippen molar-refractivity contribution in [2.24, 2.45) is 0 Å². The zero-order chi connectivity index (χ0) is 18.1. The highest BCUT2D eigenvalue weighted by molar-refractivity contribution is 7.92. The fourth-order valence-corrected chi connectivity index (χ4v) is 5.96. The summed E-state index contributed by atoms with van der Waals surface area (Å²) >= 11 is 0. The molecule has 1 aliphatic rings. The fraction of sp³-hybridized carbons (Fsp3) is 0.400. The Balaban J connectivity index is 1.73. The Labute approximate surface area is 146 Å². The van der Waals surface area contributed by atoms with Crippen LogP contribution in [-0.4, -0.2) is 56.6 Å². The Kier molecular flexibility index (Phi) is 4.85. The van der Waals surface area contributed by atoms with Gasteiger partial charge >= 0.3 is 0 Å². The van der Waals surface area contributed by atoms with Crippen LogP contribution in [-0.2, 0) is 19.9 Å². The molecule has 0 atom stereocenters. The molecule has 1 aromatic heterocycles. The lowest BCUT2D eigenvalue weighted by Crippen LogP contribution is -2.42. The van der Waals surface area contributed by atoms with Crippen LogP contribution >= 0.6 is 0 Å². The van der Waals surface area contributed by atoms with E-state index in [1.807, 2.05) is 0 Å². The number of hydrogen-bond donors (Lipinski definition) is 1. The summed E-state index contributed by atoms with van der Waals surface area (Å²) in [6.45, 7) is 0.308. The molecular weight excluding hydrogens is 366 g/mol. The van der Waals surface area contributed by atoms with Gasteiger partial charge in [0.1, 0.15) is 5.75 Å². The summed E-state index contributed by atoms with van der Waals surface area (Å²) in [6, 6.07) is 6.24. The normalized spacial score (nSPS) is 17.5. The molecule has 0 bridgehead atoms. The van der Waals surface area contributed by atoms with Gasteiger partial charge in [0.15, 0.2) is 14.9 Å². The van der Waals surface area contributed by atoms with Gasteiger partial charge in [-0.15, -0.1) is 0 Å². The zero-order valence-corrected chi connectivity index (χ0v) is 15.3. The number of benzene rings is 1. The number of imidazole rings is 1. The largest absolute Gasteiger partial charge is 0.497 e. The minimum absolute atomic E-state index is 0.0176. The highest BCUT2D eigenvalue weighted by Gasteiger charge is 2.36. The molecule has 8 nitrogen and oxygen atoms in total. The molecule has 2 heterocycles. The van der Waals surface area contributed by atoms with E-state index >= 15 is 0 Å². The van der Waals surface area contributed by atoms with E-state index in [9.17, 15) is 16.8 Å². The number of ether oxygens (including phenoxy) is 1. The fourth-order valence-electron chi connectivity index (χ4n) is 2.86. The summed E-state index contributed by atoms with van der Waals surface area (Å²) in [7, 11) is -5.65. The average molecular weight is 385 g/mol. The highest BCUT2D eigenvalue weighted by Crippen LogP contribution is 2.28. The summed E-state index contributed by atoms with van der Waals surface area (Å²) in [6.07, 6.45) is 3.05. The zero-order valence-electron chi connectivity index (χ0n) is 13.6. The number of hydrogen-bond acceptors (Lipinski definition) is 6. The number of nitrogens with one attached hydrogen (secondary N) is 1. The molecule has 0 amide bonds. The number of aromatic amines is 1. The highest BCUT2D eigenvalue weighted by atomic mass is 32.2. The molecule has 2 aromatic rings. The van der Waals surface area contributed by atoms with E-state index in [-0.39, 0.29) is 35.9 Å². The van der Waals surface area contributed by atoms with Crippen molar-refractivity contribution in [3.63, 3.8) is 0 Å². The molecule has 136 valence electrons. The summed E-state index contributed by atoms with van der Waals surface area (Å²) in [5.41, 5.74) is 0. The van der Waals surface area contributed by atoms with Crippen molar-refractivity contribution in [3.05, 3.63) is 36.8 Å². The summed E-state index contributed by atoms with van der Waals surface area (Å²) < 4.78 is 56.7. The molecule has 25 heavy (non-hydrogen) atoms. The molecule has 10 heteroatoms. The van der Waals surface area contributed by atoms with Crippen molar-refractivity contribution in [1.29, 1.82) is 0 Å². The van der Waals surface area contributed by atoms with Crippen molar-refractivity contribution in [2.75, 3.05) is 20.2 Å². The van der Waals surface area contributed by atoms with Gasteiger partial charge in [-0.3, -0.25) is 0 Å². The predicted molar refractivity (Wildman–Crippen MR) is 90.5 cm³/mol. The maximum absolute atomic E-state index is 12.7. The predicted octanol–water partition coefficient (Wildman–Crippen LogP) is 1.05. The maximum atomic E-state index is 12.7. The quantitative estimate of drug-likeness (QED) is 0.824. The van der Waals surface area contributed by atoms with Gasteiger partial charge in [-0.1, -0.05) is 0 Å². The van der Waals surface area contributed by atoms with Crippen molar-refractivity contribution in [1.82, 2.24) is 14.3 Å². The van der Waals surface area contributed by atoms with Crippen molar-refractivity contribution < 1.29 is 21.6 Å². The molecule has 0 saturated carbocycles. The van der Waals surface area contributed by atoms with Gasteiger partial charge in [0.2, 0.25) is 0 Å². The second-order valence-electron chi connectivity index (χ2n) is 5.74. The Hall–Kier alpha value is -1.91. The lowest BCUT2D eigenvalue weighted by molar-refractivity contribution is 0.344. The Morgan fingerprint density at radius 3 is 2.28 bits per heavy atom. The number of sulfonamides is 1. The first-order valence-corrected chi connectivity index (χ1v) is 10.7. The standard InChI is InChI=1S/C15H19N3O5S2/c1-23-12-2-4-13(5-3-12)24(19,20)14-6-8-18(9-7-14)25(21,22)15-10-16-11-17-15/h2-5,10-11,14H,6-9H2,1H3,(H,16,17). The molecule has 3 rings (SSSR count). The van der Waals surface area contributed by atoms with E-state index in [1.54, 1.807) is 12.1 Å². The smallest absolute Gasteiger partial charge is 0.260 e. The first-order valence-electron chi connectivity index (χ1n) is 7.72. The number of rotatable bonds is 5. The molecular formula is C15H19N3O5S2. The Morgan fingerprint density at radius 2 is 1.76 bits per heavy atom. The minimum atomic E-state index is -3.66. The number of piperidine rings is 1. The summed E-state index contributed by atoms with van der Waals surface area (Å²) in [5.74, 6) is 0.583. The van der Waals surface area contributed by atoms with Crippen LogP contribution in [0.5, 0.6) is 5.75 Å².